The molecule has 7 heteroatoms. The van der Waals surface area contributed by atoms with Crippen LogP contribution in [0.3, 0.4) is 0 Å². The minimum atomic E-state index is -0.995. The lowest BCUT2D eigenvalue weighted by molar-refractivity contribution is -0.140. The third kappa shape index (κ3) is 5.60. The number of amides is 1. The molecule has 0 spiro atoms. The zero-order chi connectivity index (χ0) is 24.1. The van der Waals surface area contributed by atoms with Crippen LogP contribution in [0.5, 0.6) is 5.75 Å². The summed E-state index contributed by atoms with van der Waals surface area (Å²) in [5, 5.41) is 11.1. The van der Waals surface area contributed by atoms with Crippen molar-refractivity contribution >= 4 is 17.4 Å². The molecule has 2 aromatic carbocycles. The Kier molecular flexibility index (Phi) is 7.87. The van der Waals surface area contributed by atoms with E-state index in [0.29, 0.717) is 36.8 Å². The van der Waals surface area contributed by atoms with Gasteiger partial charge < -0.3 is 19.6 Å². The highest BCUT2D eigenvalue weighted by Gasteiger charge is 2.46. The van der Waals surface area contributed by atoms with Crippen molar-refractivity contribution < 1.29 is 23.8 Å². The van der Waals surface area contributed by atoms with E-state index in [1.165, 1.54) is 11.0 Å². The van der Waals surface area contributed by atoms with Crippen LogP contribution in [-0.4, -0.2) is 60.4 Å². The zero-order valence-corrected chi connectivity index (χ0v) is 19.5. The molecule has 176 valence electrons. The maximum atomic E-state index is 14.8. The van der Waals surface area contributed by atoms with E-state index in [1.54, 1.807) is 42.5 Å². The molecule has 1 aliphatic heterocycles. The summed E-state index contributed by atoms with van der Waals surface area (Å²) in [4.78, 5) is 29.2. The molecule has 1 heterocycles. The molecule has 1 fully saturated rings. The predicted octanol–water partition coefficient (Wildman–Crippen LogP) is 4.23. The molecule has 1 N–H and O–H groups in total. The Morgan fingerprint density at radius 1 is 1.12 bits per heavy atom. The SMILES string of the molecule is CC(C)COc1ccc(/C(O)=C2/C(=O)C(=O)N(CCCN(C)C)C2c2ccccc2F)cc1. The molecular formula is C26H31FN2O4. The second-order valence-electron chi connectivity index (χ2n) is 8.90. The summed E-state index contributed by atoms with van der Waals surface area (Å²) in [7, 11) is 3.83. The lowest BCUT2D eigenvalue weighted by Gasteiger charge is -2.26. The second kappa shape index (κ2) is 10.6. The fourth-order valence-electron chi connectivity index (χ4n) is 3.82. The quantitative estimate of drug-likeness (QED) is 0.349. The van der Waals surface area contributed by atoms with Gasteiger partial charge in [-0.25, -0.2) is 4.39 Å². The summed E-state index contributed by atoms with van der Waals surface area (Å²) in [6.45, 7) is 5.60. The number of benzene rings is 2. The first kappa shape index (κ1) is 24.5. The molecule has 0 saturated carbocycles. The van der Waals surface area contributed by atoms with Crippen molar-refractivity contribution in [3.05, 3.63) is 71.0 Å². The first-order valence-electron chi connectivity index (χ1n) is 11.1. The number of halogens is 1. The van der Waals surface area contributed by atoms with Crippen LogP contribution in [0.4, 0.5) is 4.39 Å². The standard InChI is InChI=1S/C26H31FN2O4/c1-17(2)16-33-19-12-10-18(11-13-19)24(30)22-23(20-8-5-6-9-21(20)27)29(26(32)25(22)31)15-7-14-28(3)4/h5-6,8-13,17,23,30H,7,14-16H2,1-4H3/b24-22-. The lowest BCUT2D eigenvalue weighted by Crippen LogP contribution is -2.32. The van der Waals surface area contributed by atoms with E-state index >= 15 is 0 Å². The van der Waals surface area contributed by atoms with Gasteiger partial charge in [0.05, 0.1) is 18.2 Å². The van der Waals surface area contributed by atoms with E-state index in [9.17, 15) is 19.1 Å². The molecule has 0 aliphatic carbocycles. The monoisotopic (exact) mass is 454 g/mol. The van der Waals surface area contributed by atoms with Crippen molar-refractivity contribution in [3.63, 3.8) is 0 Å². The van der Waals surface area contributed by atoms with E-state index in [2.05, 4.69) is 0 Å². The van der Waals surface area contributed by atoms with Crippen LogP contribution in [0.15, 0.2) is 54.1 Å². The van der Waals surface area contributed by atoms with E-state index < -0.39 is 23.5 Å². The Morgan fingerprint density at radius 2 is 1.79 bits per heavy atom. The van der Waals surface area contributed by atoms with Gasteiger partial charge in [-0.2, -0.15) is 0 Å². The van der Waals surface area contributed by atoms with E-state index in [-0.39, 0.29) is 23.4 Å². The smallest absolute Gasteiger partial charge is 0.295 e. The molecular weight excluding hydrogens is 423 g/mol. The number of carbonyl (C=O) groups is 2. The topological polar surface area (TPSA) is 70.1 Å². The van der Waals surface area contributed by atoms with Gasteiger partial charge in [-0.3, -0.25) is 9.59 Å². The van der Waals surface area contributed by atoms with E-state index in [0.717, 1.165) is 0 Å². The van der Waals surface area contributed by atoms with Crippen molar-refractivity contribution in [1.29, 1.82) is 0 Å². The molecule has 2 aromatic rings. The van der Waals surface area contributed by atoms with Gasteiger partial charge in [0.25, 0.3) is 11.7 Å². The Labute approximate surface area is 194 Å². The zero-order valence-electron chi connectivity index (χ0n) is 19.5. The molecule has 1 aliphatic rings. The summed E-state index contributed by atoms with van der Waals surface area (Å²) >= 11 is 0. The molecule has 0 aromatic heterocycles. The number of ether oxygens (including phenoxy) is 1. The van der Waals surface area contributed by atoms with Gasteiger partial charge in [-0.1, -0.05) is 32.0 Å². The van der Waals surface area contributed by atoms with Gasteiger partial charge in [-0.05, 0) is 63.3 Å². The van der Waals surface area contributed by atoms with Crippen LogP contribution in [0.2, 0.25) is 0 Å². The van der Waals surface area contributed by atoms with Gasteiger partial charge in [-0.15, -0.1) is 0 Å². The molecule has 33 heavy (non-hydrogen) atoms. The van der Waals surface area contributed by atoms with Gasteiger partial charge in [0.1, 0.15) is 17.3 Å². The van der Waals surface area contributed by atoms with Crippen LogP contribution < -0.4 is 4.74 Å². The van der Waals surface area contributed by atoms with Gasteiger partial charge in [0.15, 0.2) is 0 Å². The molecule has 1 amide bonds. The normalized spacial score (nSPS) is 17.9. The number of rotatable bonds is 9. The first-order chi connectivity index (χ1) is 15.7. The van der Waals surface area contributed by atoms with Crippen molar-refractivity contribution in [2.24, 2.45) is 5.92 Å². The number of likely N-dealkylation sites (tertiary alicyclic amines) is 1. The average Bonchev–Trinajstić information content (AvgIpc) is 3.02. The number of aliphatic hydroxyl groups is 1. The van der Waals surface area contributed by atoms with E-state index in [4.69, 9.17) is 4.74 Å². The van der Waals surface area contributed by atoms with Crippen LogP contribution in [0.1, 0.15) is 37.4 Å². The van der Waals surface area contributed by atoms with Crippen LogP contribution in [0, 0.1) is 11.7 Å². The van der Waals surface area contributed by atoms with Crippen molar-refractivity contribution in [3.8, 4) is 5.75 Å². The Hall–Kier alpha value is -3.19. The number of Topliss-reactive ketones (excluding diaryl/α,β-unsaturated/α-hetero) is 1. The Morgan fingerprint density at radius 3 is 2.39 bits per heavy atom. The molecule has 3 rings (SSSR count). The predicted molar refractivity (Wildman–Crippen MR) is 125 cm³/mol. The maximum absolute atomic E-state index is 14.8. The van der Waals surface area contributed by atoms with Crippen LogP contribution >= 0.6 is 0 Å². The number of ketones is 1. The Balaban J connectivity index is 2.01. The fraction of sp³-hybridized carbons (Fsp3) is 0.385. The third-order valence-electron chi connectivity index (χ3n) is 5.46. The summed E-state index contributed by atoms with van der Waals surface area (Å²) in [6, 6.07) is 11.7. The molecule has 1 saturated heterocycles. The molecule has 1 atom stereocenters. The molecule has 0 bridgehead atoms. The highest BCUT2D eigenvalue weighted by molar-refractivity contribution is 6.46. The first-order valence-corrected chi connectivity index (χ1v) is 11.1. The fourth-order valence-corrected chi connectivity index (χ4v) is 3.82. The number of hydrogen-bond acceptors (Lipinski definition) is 5. The van der Waals surface area contributed by atoms with Crippen molar-refractivity contribution in [1.82, 2.24) is 9.80 Å². The maximum Gasteiger partial charge on any atom is 0.295 e. The van der Waals surface area contributed by atoms with E-state index in [1.807, 2.05) is 32.8 Å². The van der Waals surface area contributed by atoms with Gasteiger partial charge >= 0.3 is 0 Å². The average molecular weight is 455 g/mol. The second-order valence-corrected chi connectivity index (χ2v) is 8.90. The number of carbonyl (C=O) groups excluding carboxylic acids is 2. The molecule has 1 unspecified atom stereocenters. The van der Waals surface area contributed by atoms with Gasteiger partial charge in [0, 0.05) is 17.7 Å². The van der Waals surface area contributed by atoms with Crippen molar-refractivity contribution in [2.75, 3.05) is 33.8 Å². The highest BCUT2D eigenvalue weighted by Crippen LogP contribution is 2.40. The third-order valence-corrected chi connectivity index (χ3v) is 5.46. The largest absolute Gasteiger partial charge is 0.507 e. The minimum absolute atomic E-state index is 0.106. The van der Waals surface area contributed by atoms with Crippen molar-refractivity contribution in [2.45, 2.75) is 26.3 Å². The van der Waals surface area contributed by atoms with Gasteiger partial charge in [0.2, 0.25) is 0 Å². The molecule has 6 nitrogen and oxygen atoms in total. The number of aliphatic hydroxyl groups excluding tert-OH is 1. The minimum Gasteiger partial charge on any atom is -0.507 e. The number of hydrogen-bond donors (Lipinski definition) is 1. The van der Waals surface area contributed by atoms with Crippen LogP contribution in [-0.2, 0) is 9.59 Å². The molecule has 0 radical (unpaired) electrons. The Bertz CT molecular complexity index is 1030. The highest BCUT2D eigenvalue weighted by atomic mass is 19.1. The number of nitrogens with zero attached hydrogens (tertiary/aromatic N) is 2. The lowest BCUT2D eigenvalue weighted by atomic mass is 9.95. The van der Waals surface area contributed by atoms with Crippen LogP contribution in [0.25, 0.3) is 5.76 Å². The summed E-state index contributed by atoms with van der Waals surface area (Å²) in [6.07, 6.45) is 0.604. The summed E-state index contributed by atoms with van der Waals surface area (Å²) in [5.41, 5.74) is 0.435. The summed E-state index contributed by atoms with van der Waals surface area (Å²) in [5.74, 6) is -1.42. The summed E-state index contributed by atoms with van der Waals surface area (Å²) < 4.78 is 20.5.